The molecule has 0 bridgehead atoms. The summed E-state index contributed by atoms with van der Waals surface area (Å²) >= 11 is 0. The third-order valence-corrected chi connectivity index (χ3v) is 2.14. The summed E-state index contributed by atoms with van der Waals surface area (Å²) < 4.78 is 1.78. The lowest BCUT2D eigenvalue weighted by atomic mass is 10.2. The molecule has 0 aliphatic carbocycles. The lowest BCUT2D eigenvalue weighted by Crippen LogP contribution is -2.26. The van der Waals surface area contributed by atoms with Crippen molar-refractivity contribution in [2.45, 2.75) is 33.4 Å². The first-order chi connectivity index (χ1) is 6.20. The predicted molar refractivity (Wildman–Crippen MR) is 53.6 cm³/mol. The zero-order valence-electron chi connectivity index (χ0n) is 8.21. The Morgan fingerprint density at radius 2 is 2.15 bits per heavy atom. The van der Waals surface area contributed by atoms with Crippen LogP contribution in [0.2, 0.25) is 0 Å². The van der Waals surface area contributed by atoms with Crippen LogP contribution in [0.5, 0.6) is 0 Å². The van der Waals surface area contributed by atoms with E-state index in [4.69, 9.17) is 5.73 Å². The van der Waals surface area contributed by atoms with E-state index in [9.17, 15) is 4.79 Å². The Balaban J connectivity index is 3.22. The highest BCUT2D eigenvalue weighted by molar-refractivity contribution is 5.15. The summed E-state index contributed by atoms with van der Waals surface area (Å²) in [4.78, 5) is 11.7. The summed E-state index contributed by atoms with van der Waals surface area (Å²) in [5.74, 6) is 0. The SMILES string of the molecule is CCCn1c(C)ccc(CN)c1=O. The summed E-state index contributed by atoms with van der Waals surface area (Å²) in [6, 6.07) is 3.75. The molecule has 72 valence electrons. The molecular weight excluding hydrogens is 164 g/mol. The van der Waals surface area contributed by atoms with Crippen molar-refractivity contribution in [3.8, 4) is 0 Å². The lowest BCUT2D eigenvalue weighted by Gasteiger charge is -2.09. The topological polar surface area (TPSA) is 48.0 Å². The summed E-state index contributed by atoms with van der Waals surface area (Å²) in [7, 11) is 0. The van der Waals surface area contributed by atoms with E-state index in [1.165, 1.54) is 0 Å². The van der Waals surface area contributed by atoms with Crippen molar-refractivity contribution in [1.29, 1.82) is 0 Å². The number of hydrogen-bond donors (Lipinski definition) is 1. The molecule has 0 aliphatic heterocycles. The second-order valence-corrected chi connectivity index (χ2v) is 3.16. The van der Waals surface area contributed by atoms with E-state index in [0.29, 0.717) is 12.1 Å². The molecule has 0 aromatic carbocycles. The van der Waals surface area contributed by atoms with Gasteiger partial charge in [0.15, 0.2) is 0 Å². The molecule has 3 nitrogen and oxygen atoms in total. The van der Waals surface area contributed by atoms with Gasteiger partial charge in [-0.25, -0.2) is 0 Å². The normalized spacial score (nSPS) is 10.4. The van der Waals surface area contributed by atoms with Crippen LogP contribution in [-0.4, -0.2) is 4.57 Å². The molecule has 0 unspecified atom stereocenters. The molecule has 0 aliphatic rings. The molecule has 0 atom stereocenters. The Morgan fingerprint density at radius 1 is 1.46 bits per heavy atom. The monoisotopic (exact) mass is 180 g/mol. The summed E-state index contributed by atoms with van der Waals surface area (Å²) in [6.45, 7) is 5.10. The van der Waals surface area contributed by atoms with Gasteiger partial charge in [0, 0.05) is 24.3 Å². The molecule has 0 fully saturated rings. The molecule has 1 heterocycles. The minimum absolute atomic E-state index is 0.0596. The predicted octanol–water partition coefficient (Wildman–Crippen LogP) is 1.03. The first-order valence-corrected chi connectivity index (χ1v) is 4.60. The van der Waals surface area contributed by atoms with Gasteiger partial charge in [-0.05, 0) is 19.4 Å². The van der Waals surface area contributed by atoms with Crippen molar-refractivity contribution < 1.29 is 0 Å². The number of rotatable bonds is 3. The Bertz CT molecular complexity index is 341. The highest BCUT2D eigenvalue weighted by Gasteiger charge is 2.03. The van der Waals surface area contributed by atoms with E-state index in [0.717, 1.165) is 18.7 Å². The van der Waals surface area contributed by atoms with Gasteiger partial charge in [0.1, 0.15) is 0 Å². The van der Waals surface area contributed by atoms with Crippen molar-refractivity contribution in [3.05, 3.63) is 33.7 Å². The fourth-order valence-electron chi connectivity index (χ4n) is 1.37. The highest BCUT2D eigenvalue weighted by Crippen LogP contribution is 1.98. The van der Waals surface area contributed by atoms with E-state index in [1.807, 2.05) is 19.1 Å². The maximum absolute atomic E-state index is 11.7. The Hall–Kier alpha value is -1.09. The molecule has 0 saturated heterocycles. The van der Waals surface area contributed by atoms with Gasteiger partial charge < -0.3 is 10.3 Å². The van der Waals surface area contributed by atoms with Crippen LogP contribution >= 0.6 is 0 Å². The minimum Gasteiger partial charge on any atom is -0.326 e. The van der Waals surface area contributed by atoms with Gasteiger partial charge in [-0.3, -0.25) is 4.79 Å². The van der Waals surface area contributed by atoms with Crippen LogP contribution in [0.1, 0.15) is 24.6 Å². The number of nitrogens with two attached hydrogens (primary N) is 1. The molecule has 3 heteroatoms. The zero-order valence-corrected chi connectivity index (χ0v) is 8.21. The zero-order chi connectivity index (χ0) is 9.84. The van der Waals surface area contributed by atoms with Gasteiger partial charge >= 0.3 is 0 Å². The minimum atomic E-state index is 0.0596. The molecule has 1 aromatic rings. The number of pyridine rings is 1. The fraction of sp³-hybridized carbons (Fsp3) is 0.500. The van der Waals surface area contributed by atoms with Gasteiger partial charge in [-0.2, -0.15) is 0 Å². The fourth-order valence-corrected chi connectivity index (χ4v) is 1.37. The van der Waals surface area contributed by atoms with Gasteiger partial charge in [-0.1, -0.05) is 13.0 Å². The van der Waals surface area contributed by atoms with E-state index >= 15 is 0 Å². The van der Waals surface area contributed by atoms with Crippen molar-refractivity contribution in [3.63, 3.8) is 0 Å². The summed E-state index contributed by atoms with van der Waals surface area (Å²) in [5.41, 5.74) is 7.21. The molecule has 0 saturated carbocycles. The van der Waals surface area contributed by atoms with Gasteiger partial charge in [0.25, 0.3) is 5.56 Å². The molecule has 1 aromatic heterocycles. The molecule has 0 spiro atoms. The molecule has 0 radical (unpaired) electrons. The third-order valence-electron chi connectivity index (χ3n) is 2.14. The van der Waals surface area contributed by atoms with Gasteiger partial charge in [0.2, 0.25) is 0 Å². The molecule has 13 heavy (non-hydrogen) atoms. The maximum Gasteiger partial charge on any atom is 0.255 e. The average molecular weight is 180 g/mol. The van der Waals surface area contributed by atoms with Crippen molar-refractivity contribution in [2.24, 2.45) is 5.73 Å². The Kier molecular flexibility index (Phi) is 3.25. The second-order valence-electron chi connectivity index (χ2n) is 3.16. The maximum atomic E-state index is 11.7. The number of aryl methyl sites for hydroxylation is 1. The van der Waals surface area contributed by atoms with E-state index in [2.05, 4.69) is 6.92 Å². The smallest absolute Gasteiger partial charge is 0.255 e. The second kappa shape index (κ2) is 4.23. The van der Waals surface area contributed by atoms with Crippen LogP contribution in [0.3, 0.4) is 0 Å². The van der Waals surface area contributed by atoms with E-state index in [1.54, 1.807) is 4.57 Å². The molecule has 0 amide bonds. The van der Waals surface area contributed by atoms with Crippen LogP contribution < -0.4 is 11.3 Å². The van der Waals surface area contributed by atoms with Gasteiger partial charge in [0.05, 0.1) is 0 Å². The van der Waals surface area contributed by atoms with Crippen LogP contribution in [-0.2, 0) is 13.1 Å². The van der Waals surface area contributed by atoms with E-state index < -0.39 is 0 Å². The first-order valence-electron chi connectivity index (χ1n) is 4.60. The van der Waals surface area contributed by atoms with Crippen LogP contribution in [0, 0.1) is 6.92 Å². The third kappa shape index (κ3) is 1.98. The van der Waals surface area contributed by atoms with Crippen LogP contribution in [0.15, 0.2) is 16.9 Å². The number of hydrogen-bond acceptors (Lipinski definition) is 2. The van der Waals surface area contributed by atoms with Crippen molar-refractivity contribution in [2.75, 3.05) is 0 Å². The van der Waals surface area contributed by atoms with Gasteiger partial charge in [-0.15, -0.1) is 0 Å². The standard InChI is InChI=1S/C10H16N2O/c1-3-6-12-8(2)4-5-9(7-11)10(12)13/h4-5H,3,6-7,11H2,1-2H3. The highest BCUT2D eigenvalue weighted by atomic mass is 16.1. The van der Waals surface area contributed by atoms with Crippen molar-refractivity contribution >= 4 is 0 Å². The summed E-state index contributed by atoms with van der Waals surface area (Å²) in [5, 5.41) is 0. The lowest BCUT2D eigenvalue weighted by molar-refractivity contribution is 0.628. The number of aromatic nitrogens is 1. The first kappa shape index (κ1) is 9.99. The average Bonchev–Trinajstić information content (AvgIpc) is 2.12. The Morgan fingerprint density at radius 3 is 2.69 bits per heavy atom. The Labute approximate surface area is 78.2 Å². The summed E-state index contributed by atoms with van der Waals surface area (Å²) in [6.07, 6.45) is 0.967. The molecular formula is C10H16N2O. The number of nitrogens with zero attached hydrogens (tertiary/aromatic N) is 1. The largest absolute Gasteiger partial charge is 0.326 e. The van der Waals surface area contributed by atoms with E-state index in [-0.39, 0.29) is 5.56 Å². The van der Waals surface area contributed by atoms with Crippen LogP contribution in [0.25, 0.3) is 0 Å². The quantitative estimate of drug-likeness (QED) is 0.755. The van der Waals surface area contributed by atoms with Crippen LogP contribution in [0.4, 0.5) is 0 Å². The molecule has 2 N–H and O–H groups in total. The van der Waals surface area contributed by atoms with Crippen molar-refractivity contribution in [1.82, 2.24) is 4.57 Å². The molecule has 1 rings (SSSR count).